The van der Waals surface area contributed by atoms with E-state index in [0.29, 0.717) is 13.1 Å². The number of hydrogen-bond acceptors (Lipinski definition) is 4. The number of sulfonamides is 2. The van der Waals surface area contributed by atoms with E-state index in [2.05, 4.69) is 0 Å². The average Bonchev–Trinajstić information content (AvgIpc) is 2.62. The van der Waals surface area contributed by atoms with Crippen LogP contribution in [0.5, 0.6) is 0 Å². The van der Waals surface area contributed by atoms with Crippen molar-refractivity contribution in [2.75, 3.05) is 13.1 Å². The van der Waals surface area contributed by atoms with E-state index in [-0.39, 0.29) is 21.9 Å². The lowest BCUT2D eigenvalue weighted by atomic mass is 10.1. The van der Waals surface area contributed by atoms with Gasteiger partial charge in [0.25, 0.3) is 0 Å². The Morgan fingerprint density at radius 3 is 1.35 bits per heavy atom. The minimum atomic E-state index is -3.58. The van der Waals surface area contributed by atoms with Gasteiger partial charge in [-0.15, -0.1) is 0 Å². The zero-order valence-electron chi connectivity index (χ0n) is 15.5. The van der Waals surface area contributed by atoms with Gasteiger partial charge in [-0.1, -0.05) is 12.8 Å². The van der Waals surface area contributed by atoms with Crippen molar-refractivity contribution >= 4 is 20.0 Å². The van der Waals surface area contributed by atoms with Crippen molar-refractivity contribution in [1.82, 2.24) is 8.61 Å². The summed E-state index contributed by atoms with van der Waals surface area (Å²) in [4.78, 5) is 0.328. The Morgan fingerprint density at radius 2 is 1.04 bits per heavy atom. The molecule has 2 atom stereocenters. The second-order valence-corrected chi connectivity index (χ2v) is 11.2. The standard InChI is InChI=1S/C18H28N2O4S2/c1-15-7-3-5-13-19(15)25(21,22)17-9-11-18(12-10-17)26(23,24)20-14-6-4-8-16(20)2/h9-12,15-16H,3-8,13-14H2,1-2H3/t15-,16-/m0/s1. The molecule has 2 fully saturated rings. The summed E-state index contributed by atoms with van der Waals surface area (Å²) in [6.45, 7) is 4.89. The van der Waals surface area contributed by atoms with E-state index in [4.69, 9.17) is 0 Å². The number of nitrogens with zero attached hydrogens (tertiary/aromatic N) is 2. The van der Waals surface area contributed by atoms with E-state index in [1.165, 1.54) is 32.9 Å². The third-order valence-electron chi connectivity index (χ3n) is 5.52. The molecule has 1 aromatic carbocycles. The van der Waals surface area contributed by atoms with Gasteiger partial charge in [0.1, 0.15) is 0 Å². The van der Waals surface area contributed by atoms with Crippen LogP contribution in [0.2, 0.25) is 0 Å². The monoisotopic (exact) mass is 400 g/mol. The van der Waals surface area contributed by atoms with Crippen molar-refractivity contribution in [2.45, 2.75) is 74.2 Å². The van der Waals surface area contributed by atoms with E-state index in [1.54, 1.807) is 0 Å². The summed E-state index contributed by atoms with van der Waals surface area (Å²) in [7, 11) is -7.17. The molecule has 1 aromatic rings. The molecule has 3 rings (SSSR count). The zero-order valence-corrected chi connectivity index (χ0v) is 17.1. The molecular formula is C18H28N2O4S2. The Kier molecular flexibility index (Phi) is 5.77. The van der Waals surface area contributed by atoms with Crippen LogP contribution in [0.3, 0.4) is 0 Å². The van der Waals surface area contributed by atoms with Gasteiger partial charge in [0, 0.05) is 25.2 Å². The normalized spacial score (nSPS) is 26.7. The van der Waals surface area contributed by atoms with E-state index >= 15 is 0 Å². The van der Waals surface area contributed by atoms with E-state index in [1.807, 2.05) is 13.8 Å². The molecular weight excluding hydrogens is 372 g/mol. The van der Waals surface area contributed by atoms with Gasteiger partial charge < -0.3 is 0 Å². The Morgan fingerprint density at radius 1 is 0.692 bits per heavy atom. The van der Waals surface area contributed by atoms with Crippen molar-refractivity contribution in [2.24, 2.45) is 0 Å². The molecule has 0 bridgehead atoms. The third kappa shape index (κ3) is 3.69. The maximum absolute atomic E-state index is 12.9. The average molecular weight is 401 g/mol. The zero-order chi connectivity index (χ0) is 18.9. The van der Waals surface area contributed by atoms with Crippen molar-refractivity contribution < 1.29 is 16.8 Å². The predicted octanol–water partition coefficient (Wildman–Crippen LogP) is 2.81. The fraction of sp³-hybridized carbons (Fsp3) is 0.667. The van der Waals surface area contributed by atoms with Gasteiger partial charge in [-0.2, -0.15) is 8.61 Å². The molecule has 0 aromatic heterocycles. The highest BCUT2D eigenvalue weighted by Gasteiger charge is 2.33. The largest absolute Gasteiger partial charge is 0.243 e. The van der Waals surface area contributed by atoms with Crippen LogP contribution < -0.4 is 0 Å². The van der Waals surface area contributed by atoms with Gasteiger partial charge >= 0.3 is 0 Å². The minimum absolute atomic E-state index is 0.0219. The van der Waals surface area contributed by atoms with E-state index in [9.17, 15) is 16.8 Å². The molecule has 0 saturated carbocycles. The lowest BCUT2D eigenvalue weighted by Crippen LogP contribution is -2.42. The summed E-state index contributed by atoms with van der Waals surface area (Å²) >= 11 is 0. The van der Waals surface area contributed by atoms with Gasteiger partial charge in [0.15, 0.2) is 0 Å². The third-order valence-corrected chi connectivity index (χ3v) is 9.58. The summed E-state index contributed by atoms with van der Waals surface area (Å²) in [5.74, 6) is 0. The van der Waals surface area contributed by atoms with Crippen LogP contribution in [0, 0.1) is 0 Å². The van der Waals surface area contributed by atoms with Crippen molar-refractivity contribution in [1.29, 1.82) is 0 Å². The van der Waals surface area contributed by atoms with Crippen molar-refractivity contribution in [3.63, 3.8) is 0 Å². The van der Waals surface area contributed by atoms with Crippen molar-refractivity contribution in [3.05, 3.63) is 24.3 Å². The smallest absolute Gasteiger partial charge is 0.207 e. The first-order valence-corrected chi connectivity index (χ1v) is 12.3. The van der Waals surface area contributed by atoms with Crippen LogP contribution in [0.15, 0.2) is 34.1 Å². The molecule has 146 valence electrons. The van der Waals surface area contributed by atoms with Crippen LogP contribution in [0.4, 0.5) is 0 Å². The summed E-state index contributed by atoms with van der Waals surface area (Å²) in [5, 5.41) is 0. The molecule has 0 unspecified atom stereocenters. The molecule has 2 aliphatic rings. The number of hydrogen-bond donors (Lipinski definition) is 0. The highest BCUT2D eigenvalue weighted by atomic mass is 32.2. The first-order valence-electron chi connectivity index (χ1n) is 9.38. The fourth-order valence-corrected chi connectivity index (χ4v) is 7.31. The molecule has 26 heavy (non-hydrogen) atoms. The lowest BCUT2D eigenvalue weighted by Gasteiger charge is -2.33. The Bertz CT molecular complexity index is 763. The summed E-state index contributed by atoms with van der Waals surface area (Å²) < 4.78 is 54.6. The first kappa shape index (κ1) is 19.8. The second-order valence-electron chi connectivity index (χ2n) is 7.39. The quantitative estimate of drug-likeness (QED) is 0.779. The SMILES string of the molecule is C[C@H]1CCCCN1S(=O)(=O)c1ccc(S(=O)(=O)N2CCCC[C@@H]2C)cc1. The predicted molar refractivity (Wildman–Crippen MR) is 101 cm³/mol. The maximum Gasteiger partial charge on any atom is 0.243 e. The van der Waals surface area contributed by atoms with Gasteiger partial charge in [-0.05, 0) is 63.8 Å². The van der Waals surface area contributed by atoms with E-state index < -0.39 is 20.0 Å². The number of rotatable bonds is 4. The molecule has 6 nitrogen and oxygen atoms in total. The Balaban J connectivity index is 1.86. The molecule has 0 spiro atoms. The summed E-state index contributed by atoms with van der Waals surface area (Å²) in [6, 6.07) is 5.67. The summed E-state index contributed by atoms with van der Waals surface area (Å²) in [5.41, 5.74) is 0. The highest BCUT2D eigenvalue weighted by Crippen LogP contribution is 2.28. The molecule has 8 heteroatoms. The number of piperidine rings is 2. The first-order chi connectivity index (χ1) is 12.2. The van der Waals surface area contributed by atoms with Crippen LogP contribution in [-0.4, -0.2) is 50.6 Å². The second kappa shape index (κ2) is 7.58. The van der Waals surface area contributed by atoms with Crippen LogP contribution in [0.25, 0.3) is 0 Å². The molecule has 0 aliphatic carbocycles. The highest BCUT2D eigenvalue weighted by molar-refractivity contribution is 7.89. The van der Waals surface area contributed by atoms with Gasteiger partial charge in [-0.3, -0.25) is 0 Å². The van der Waals surface area contributed by atoms with Crippen LogP contribution in [0.1, 0.15) is 52.4 Å². The topological polar surface area (TPSA) is 74.8 Å². The Labute approximate surface area is 157 Å². The van der Waals surface area contributed by atoms with Gasteiger partial charge in [0.05, 0.1) is 9.79 Å². The fourth-order valence-electron chi connectivity index (χ4n) is 3.91. The molecule has 0 amide bonds. The molecule has 2 heterocycles. The van der Waals surface area contributed by atoms with Crippen LogP contribution >= 0.6 is 0 Å². The van der Waals surface area contributed by atoms with Gasteiger partial charge in [-0.25, -0.2) is 16.8 Å². The lowest BCUT2D eigenvalue weighted by molar-refractivity contribution is 0.268. The Hall–Kier alpha value is -0.960. The van der Waals surface area contributed by atoms with E-state index in [0.717, 1.165) is 38.5 Å². The molecule has 0 N–H and O–H groups in total. The maximum atomic E-state index is 12.9. The molecule has 2 aliphatic heterocycles. The molecule has 0 radical (unpaired) electrons. The van der Waals surface area contributed by atoms with Crippen molar-refractivity contribution in [3.8, 4) is 0 Å². The number of benzene rings is 1. The summed E-state index contributed by atoms with van der Waals surface area (Å²) in [6.07, 6.45) is 5.53. The van der Waals surface area contributed by atoms with Crippen LogP contribution in [-0.2, 0) is 20.0 Å². The van der Waals surface area contributed by atoms with Gasteiger partial charge in [0.2, 0.25) is 20.0 Å². The molecule has 2 saturated heterocycles. The minimum Gasteiger partial charge on any atom is -0.207 e.